The largest absolute Gasteiger partial charge is 0.0743 e. The van der Waals surface area contributed by atoms with Crippen LogP contribution in [-0.4, -0.2) is 19.0 Å². The van der Waals surface area contributed by atoms with Crippen molar-refractivity contribution in [2.45, 2.75) is 18.8 Å². The van der Waals surface area contributed by atoms with E-state index in [0.29, 0.717) is 0 Å². The summed E-state index contributed by atoms with van der Waals surface area (Å²) in [7, 11) is 1.99. The standard InChI is InChI=1S/C3H9Si2/c1-4-3-5-2/h4H,3H2,1-2H3. The van der Waals surface area contributed by atoms with E-state index in [2.05, 4.69) is 13.1 Å². The summed E-state index contributed by atoms with van der Waals surface area (Å²) >= 11 is 0. The van der Waals surface area contributed by atoms with Crippen LogP contribution >= 0.6 is 0 Å². The lowest BCUT2D eigenvalue weighted by Gasteiger charge is -1.75. The maximum Gasteiger partial charge on any atom is 0.0307 e. The van der Waals surface area contributed by atoms with Gasteiger partial charge in [-0.2, -0.15) is 0 Å². The second-order valence-corrected chi connectivity index (χ2v) is 4.12. The molecule has 0 aromatic rings. The van der Waals surface area contributed by atoms with Crippen LogP contribution in [0.15, 0.2) is 0 Å². The smallest absolute Gasteiger partial charge is 0.0307 e. The third-order valence-electron chi connectivity index (χ3n) is 0.408. The van der Waals surface area contributed by atoms with Crippen LogP contribution in [0.25, 0.3) is 0 Å². The summed E-state index contributed by atoms with van der Waals surface area (Å²) in [4.78, 5) is 0. The summed E-state index contributed by atoms with van der Waals surface area (Å²) in [6.07, 6.45) is 0. The highest BCUT2D eigenvalue weighted by Gasteiger charge is 1.71. The highest BCUT2D eigenvalue weighted by atomic mass is 28.3. The fraction of sp³-hybridized carbons (Fsp3) is 1.00. The molecule has 0 aliphatic carbocycles. The molecule has 0 saturated carbocycles. The molecule has 3 radical (unpaired) electrons. The molecule has 29 valence electrons. The second-order valence-electron chi connectivity index (χ2n) is 0.966. The first-order valence-electron chi connectivity index (χ1n) is 1.84. The van der Waals surface area contributed by atoms with Gasteiger partial charge in [0.05, 0.1) is 0 Å². The van der Waals surface area contributed by atoms with Crippen molar-refractivity contribution in [1.82, 2.24) is 0 Å². The molecule has 2 heteroatoms. The van der Waals surface area contributed by atoms with Gasteiger partial charge in [0.1, 0.15) is 0 Å². The van der Waals surface area contributed by atoms with E-state index < -0.39 is 0 Å². The molecule has 0 N–H and O–H groups in total. The van der Waals surface area contributed by atoms with Gasteiger partial charge in [0.2, 0.25) is 0 Å². The topological polar surface area (TPSA) is 0 Å². The Bertz CT molecular complexity index is 12.4. The zero-order valence-electron chi connectivity index (χ0n) is 3.78. The Morgan fingerprint density at radius 1 is 1.80 bits per heavy atom. The van der Waals surface area contributed by atoms with Crippen LogP contribution in [0.5, 0.6) is 0 Å². The van der Waals surface area contributed by atoms with Crippen LogP contribution in [0.2, 0.25) is 18.8 Å². The van der Waals surface area contributed by atoms with E-state index in [1.165, 1.54) is 15.2 Å². The molecule has 0 fully saturated rings. The Morgan fingerprint density at radius 3 is 2.40 bits per heavy atom. The monoisotopic (exact) mass is 101 g/mol. The average Bonchev–Trinajstić information content (AvgIpc) is 1.41. The Hall–Kier alpha value is 0.434. The molecule has 0 aliphatic rings. The van der Waals surface area contributed by atoms with Crippen molar-refractivity contribution in [3.05, 3.63) is 0 Å². The van der Waals surface area contributed by atoms with Gasteiger partial charge in [-0.15, -0.1) is 0 Å². The lowest BCUT2D eigenvalue weighted by molar-refractivity contribution is 1.91. The molecular weight excluding hydrogens is 92.2 g/mol. The molecule has 0 heterocycles. The zero-order chi connectivity index (χ0) is 4.12. The normalized spacial score (nSPS) is 8.40. The second kappa shape index (κ2) is 4.43. The maximum absolute atomic E-state index is 2.30. The van der Waals surface area contributed by atoms with E-state index in [1.54, 1.807) is 0 Å². The average molecular weight is 101 g/mol. The predicted molar refractivity (Wildman–Crippen MR) is 29.4 cm³/mol. The Labute approximate surface area is 38.6 Å². The van der Waals surface area contributed by atoms with Crippen LogP contribution in [0.4, 0.5) is 0 Å². The highest BCUT2D eigenvalue weighted by Crippen LogP contribution is 1.68. The third-order valence-corrected chi connectivity index (χ3v) is 3.67. The fourth-order valence-corrected chi connectivity index (χ4v) is 1.84. The Kier molecular flexibility index (Phi) is 4.82. The quantitative estimate of drug-likeness (QED) is 0.447. The van der Waals surface area contributed by atoms with Gasteiger partial charge in [0.25, 0.3) is 0 Å². The first-order chi connectivity index (χ1) is 2.41. The van der Waals surface area contributed by atoms with Crippen molar-refractivity contribution in [3.63, 3.8) is 0 Å². The van der Waals surface area contributed by atoms with Crippen molar-refractivity contribution < 1.29 is 0 Å². The zero-order valence-corrected chi connectivity index (χ0v) is 5.94. The lowest BCUT2D eigenvalue weighted by atomic mass is 11.8. The van der Waals surface area contributed by atoms with Crippen LogP contribution in [0.3, 0.4) is 0 Å². The van der Waals surface area contributed by atoms with Gasteiger partial charge >= 0.3 is 0 Å². The Morgan fingerprint density at radius 2 is 2.40 bits per heavy atom. The highest BCUT2D eigenvalue weighted by molar-refractivity contribution is 6.54. The lowest BCUT2D eigenvalue weighted by Crippen LogP contribution is -1.84. The number of hydrogen-bond donors (Lipinski definition) is 0. The molecule has 0 unspecified atom stereocenters. The first-order valence-corrected chi connectivity index (χ1v) is 5.52. The summed E-state index contributed by atoms with van der Waals surface area (Å²) in [5, 5.41) is 0. The minimum absolute atomic E-state index is 0.798. The summed E-state index contributed by atoms with van der Waals surface area (Å²) in [5.74, 6) is 0. The SMILES string of the molecule is C[Si]C[SiH]C. The van der Waals surface area contributed by atoms with Crippen molar-refractivity contribution >= 4 is 19.0 Å². The third kappa shape index (κ3) is 4.43. The van der Waals surface area contributed by atoms with Gasteiger partial charge in [-0.3, -0.25) is 0 Å². The minimum Gasteiger partial charge on any atom is -0.0743 e. The molecule has 0 amide bonds. The van der Waals surface area contributed by atoms with Crippen molar-refractivity contribution in [3.8, 4) is 0 Å². The number of hydrogen-bond acceptors (Lipinski definition) is 0. The van der Waals surface area contributed by atoms with E-state index >= 15 is 0 Å². The predicted octanol–water partition coefficient (Wildman–Crippen LogP) is 0.599. The molecule has 0 rings (SSSR count). The maximum atomic E-state index is 2.30. The number of rotatable bonds is 2. The minimum atomic E-state index is 0.798. The van der Waals surface area contributed by atoms with E-state index in [1.807, 2.05) is 0 Å². The van der Waals surface area contributed by atoms with Crippen LogP contribution in [0, 0.1) is 0 Å². The van der Waals surface area contributed by atoms with Crippen molar-refractivity contribution in [2.24, 2.45) is 0 Å². The summed E-state index contributed by atoms with van der Waals surface area (Å²) in [6.45, 7) is 4.56. The molecule has 0 bridgehead atoms. The van der Waals surface area contributed by atoms with E-state index in [-0.39, 0.29) is 0 Å². The van der Waals surface area contributed by atoms with Crippen LogP contribution in [0.1, 0.15) is 0 Å². The summed E-state index contributed by atoms with van der Waals surface area (Å²) in [6, 6.07) is 0. The summed E-state index contributed by atoms with van der Waals surface area (Å²) < 4.78 is 0. The van der Waals surface area contributed by atoms with E-state index in [4.69, 9.17) is 0 Å². The summed E-state index contributed by atoms with van der Waals surface area (Å²) in [5.41, 5.74) is 1.50. The van der Waals surface area contributed by atoms with E-state index in [9.17, 15) is 0 Å². The molecule has 0 saturated heterocycles. The molecule has 0 aliphatic heterocycles. The van der Waals surface area contributed by atoms with Crippen LogP contribution in [-0.2, 0) is 0 Å². The van der Waals surface area contributed by atoms with Gasteiger partial charge in [-0.1, -0.05) is 18.8 Å². The van der Waals surface area contributed by atoms with Crippen molar-refractivity contribution in [2.75, 3.05) is 0 Å². The molecule has 0 spiro atoms. The van der Waals surface area contributed by atoms with Crippen molar-refractivity contribution in [1.29, 1.82) is 0 Å². The molecular formula is C3H9Si2. The van der Waals surface area contributed by atoms with Gasteiger partial charge in [0, 0.05) is 19.0 Å². The molecule has 0 nitrogen and oxygen atoms in total. The molecule has 5 heavy (non-hydrogen) atoms. The van der Waals surface area contributed by atoms with Crippen LogP contribution < -0.4 is 0 Å². The van der Waals surface area contributed by atoms with Gasteiger partial charge in [0.15, 0.2) is 0 Å². The fourth-order valence-electron chi connectivity index (χ4n) is 0.204. The molecule has 0 atom stereocenters. The molecule has 0 aromatic heterocycles. The molecule has 0 aromatic carbocycles. The Balaban J connectivity index is 2.19. The van der Waals surface area contributed by atoms with E-state index in [0.717, 1.165) is 9.52 Å². The van der Waals surface area contributed by atoms with Gasteiger partial charge in [-0.25, -0.2) is 0 Å². The van der Waals surface area contributed by atoms with Gasteiger partial charge in [-0.05, 0) is 0 Å². The van der Waals surface area contributed by atoms with Gasteiger partial charge < -0.3 is 0 Å². The first kappa shape index (κ1) is 5.43.